The predicted molar refractivity (Wildman–Crippen MR) is 92.6 cm³/mol. The summed E-state index contributed by atoms with van der Waals surface area (Å²) < 4.78 is 0. The molecule has 0 spiro atoms. The Bertz CT molecular complexity index is 462. The van der Waals surface area contributed by atoms with Crippen LogP contribution in [0.4, 0.5) is 5.69 Å². The molecule has 0 saturated carbocycles. The van der Waals surface area contributed by atoms with Gasteiger partial charge in [0.05, 0.1) is 5.75 Å². The highest BCUT2D eigenvalue weighted by Gasteiger charge is 2.16. The lowest BCUT2D eigenvalue weighted by Gasteiger charge is -2.26. The number of nitrogens with two attached hydrogens (primary N) is 1. The van der Waals surface area contributed by atoms with Gasteiger partial charge in [-0.1, -0.05) is 27.7 Å². The number of thioether (sulfide) groups is 1. The van der Waals surface area contributed by atoms with Crippen molar-refractivity contribution < 1.29 is 4.79 Å². The zero-order chi connectivity index (χ0) is 16.0. The maximum Gasteiger partial charge on any atom is 0.232 e. The third kappa shape index (κ3) is 6.42. The van der Waals surface area contributed by atoms with E-state index in [1.807, 2.05) is 30.0 Å². The maximum atomic E-state index is 12.4. The van der Waals surface area contributed by atoms with E-state index in [9.17, 15) is 4.79 Å². The Kier molecular flexibility index (Phi) is 7.09. The molecular formula is C17H28N2OS. The molecule has 0 radical (unpaired) electrons. The molecule has 1 amide bonds. The molecule has 1 aromatic carbocycles. The van der Waals surface area contributed by atoms with Crippen LogP contribution in [0.25, 0.3) is 0 Å². The Morgan fingerprint density at radius 2 is 1.76 bits per heavy atom. The number of carbonyl (C=O) groups excluding carboxylic acids is 1. The molecule has 0 aliphatic carbocycles. The fourth-order valence-electron chi connectivity index (χ4n) is 2.23. The second kappa shape index (κ2) is 8.32. The van der Waals surface area contributed by atoms with E-state index in [0.717, 1.165) is 29.2 Å². The van der Waals surface area contributed by atoms with Gasteiger partial charge in [0.2, 0.25) is 5.91 Å². The molecule has 2 N–H and O–H groups in total. The Morgan fingerprint density at radius 3 is 2.24 bits per heavy atom. The first-order valence-corrected chi connectivity index (χ1v) is 8.54. The van der Waals surface area contributed by atoms with Crippen LogP contribution in [0.1, 0.15) is 33.3 Å². The van der Waals surface area contributed by atoms with E-state index in [1.54, 1.807) is 11.8 Å². The third-order valence-corrected chi connectivity index (χ3v) is 4.23. The molecule has 0 fully saturated rings. The van der Waals surface area contributed by atoms with E-state index < -0.39 is 0 Å². The van der Waals surface area contributed by atoms with Gasteiger partial charge >= 0.3 is 0 Å². The van der Waals surface area contributed by atoms with E-state index in [1.165, 1.54) is 0 Å². The third-order valence-electron chi connectivity index (χ3n) is 3.07. The quantitative estimate of drug-likeness (QED) is 0.615. The summed E-state index contributed by atoms with van der Waals surface area (Å²) >= 11 is 1.60. The molecule has 0 atom stereocenters. The van der Waals surface area contributed by atoms with Crippen molar-refractivity contribution >= 4 is 23.4 Å². The Hall–Kier alpha value is -1.16. The number of rotatable bonds is 7. The summed E-state index contributed by atoms with van der Waals surface area (Å²) in [5, 5.41) is 0. The summed E-state index contributed by atoms with van der Waals surface area (Å²) in [5.74, 6) is 1.70. The fourth-order valence-corrected chi connectivity index (χ4v) is 3.14. The monoisotopic (exact) mass is 308 g/mol. The van der Waals surface area contributed by atoms with Crippen molar-refractivity contribution in [2.45, 2.75) is 39.5 Å². The van der Waals surface area contributed by atoms with Crippen molar-refractivity contribution in [1.82, 2.24) is 4.90 Å². The predicted octanol–water partition coefficient (Wildman–Crippen LogP) is 3.81. The molecule has 0 heterocycles. The van der Waals surface area contributed by atoms with E-state index in [4.69, 9.17) is 5.73 Å². The van der Waals surface area contributed by atoms with Crippen molar-refractivity contribution in [1.29, 1.82) is 0 Å². The zero-order valence-electron chi connectivity index (χ0n) is 13.8. The van der Waals surface area contributed by atoms with Crippen LogP contribution < -0.4 is 5.73 Å². The van der Waals surface area contributed by atoms with Crippen LogP contribution in [0.2, 0.25) is 0 Å². The van der Waals surface area contributed by atoms with Crippen molar-refractivity contribution in [3.05, 3.63) is 23.8 Å². The molecule has 4 heteroatoms. The van der Waals surface area contributed by atoms with Gasteiger partial charge in [-0.2, -0.15) is 0 Å². The van der Waals surface area contributed by atoms with Crippen LogP contribution in [0.5, 0.6) is 0 Å². The number of hydrogen-bond acceptors (Lipinski definition) is 3. The maximum absolute atomic E-state index is 12.4. The van der Waals surface area contributed by atoms with Crippen LogP contribution in [0.3, 0.4) is 0 Å². The number of carbonyl (C=O) groups is 1. The SMILES string of the molecule is Cc1cc(N)ccc1SCC(=O)N(CC(C)C)CC(C)C. The van der Waals surface area contributed by atoms with Gasteiger partial charge < -0.3 is 10.6 Å². The van der Waals surface area contributed by atoms with Gasteiger partial charge in [-0.3, -0.25) is 4.79 Å². The summed E-state index contributed by atoms with van der Waals surface area (Å²) in [4.78, 5) is 15.6. The minimum Gasteiger partial charge on any atom is -0.399 e. The van der Waals surface area contributed by atoms with E-state index >= 15 is 0 Å². The van der Waals surface area contributed by atoms with E-state index in [-0.39, 0.29) is 5.91 Å². The molecule has 0 bridgehead atoms. The van der Waals surface area contributed by atoms with Crippen LogP contribution in [-0.2, 0) is 4.79 Å². The van der Waals surface area contributed by atoms with Gasteiger partial charge in [0.1, 0.15) is 0 Å². The Balaban J connectivity index is 2.64. The van der Waals surface area contributed by atoms with Gasteiger partial charge in [-0.25, -0.2) is 0 Å². The smallest absolute Gasteiger partial charge is 0.232 e. The standard InChI is InChI=1S/C17H28N2OS/c1-12(2)9-19(10-13(3)4)17(20)11-21-16-7-6-15(18)8-14(16)5/h6-8,12-13H,9-11,18H2,1-5H3. The molecule has 1 rings (SSSR count). The lowest BCUT2D eigenvalue weighted by Crippen LogP contribution is -2.38. The second-order valence-electron chi connectivity index (χ2n) is 6.40. The lowest BCUT2D eigenvalue weighted by molar-refractivity contribution is -0.129. The molecule has 0 unspecified atom stereocenters. The molecule has 118 valence electrons. The normalized spacial score (nSPS) is 11.2. The number of benzene rings is 1. The summed E-state index contributed by atoms with van der Waals surface area (Å²) in [6, 6.07) is 5.84. The molecule has 21 heavy (non-hydrogen) atoms. The van der Waals surface area contributed by atoms with Crippen molar-refractivity contribution in [2.24, 2.45) is 11.8 Å². The average molecular weight is 308 g/mol. The van der Waals surface area contributed by atoms with Crippen LogP contribution in [-0.4, -0.2) is 29.6 Å². The first kappa shape index (κ1) is 17.9. The molecule has 1 aromatic rings. The highest BCUT2D eigenvalue weighted by molar-refractivity contribution is 8.00. The summed E-state index contributed by atoms with van der Waals surface area (Å²) in [6.45, 7) is 12.3. The van der Waals surface area contributed by atoms with Gasteiger partial charge in [-0.05, 0) is 42.5 Å². The van der Waals surface area contributed by atoms with Gasteiger partial charge in [0.15, 0.2) is 0 Å². The molecule has 0 aliphatic heterocycles. The number of hydrogen-bond donors (Lipinski definition) is 1. The van der Waals surface area contributed by atoms with Crippen molar-refractivity contribution in [3.63, 3.8) is 0 Å². The van der Waals surface area contributed by atoms with Crippen molar-refractivity contribution in [3.8, 4) is 0 Å². The molecular weight excluding hydrogens is 280 g/mol. The Labute approximate surface area is 133 Å². The first-order valence-electron chi connectivity index (χ1n) is 7.56. The molecule has 0 aliphatic rings. The molecule has 0 saturated heterocycles. The lowest BCUT2D eigenvalue weighted by atomic mass is 10.1. The van der Waals surface area contributed by atoms with E-state index in [2.05, 4.69) is 27.7 Å². The number of amides is 1. The zero-order valence-corrected chi connectivity index (χ0v) is 14.7. The number of anilines is 1. The molecule has 3 nitrogen and oxygen atoms in total. The minimum atomic E-state index is 0.221. The highest BCUT2D eigenvalue weighted by Crippen LogP contribution is 2.24. The van der Waals surface area contributed by atoms with Crippen LogP contribution >= 0.6 is 11.8 Å². The van der Waals surface area contributed by atoms with Gasteiger partial charge in [-0.15, -0.1) is 11.8 Å². The van der Waals surface area contributed by atoms with Crippen LogP contribution in [0, 0.1) is 18.8 Å². The molecule has 0 aromatic heterocycles. The summed E-state index contributed by atoms with van der Waals surface area (Å²) in [5.41, 5.74) is 7.66. The Morgan fingerprint density at radius 1 is 1.19 bits per heavy atom. The van der Waals surface area contributed by atoms with Gasteiger partial charge in [0, 0.05) is 23.7 Å². The minimum absolute atomic E-state index is 0.221. The van der Waals surface area contributed by atoms with E-state index in [0.29, 0.717) is 17.6 Å². The van der Waals surface area contributed by atoms with Crippen molar-refractivity contribution in [2.75, 3.05) is 24.6 Å². The van der Waals surface area contributed by atoms with Crippen LogP contribution in [0.15, 0.2) is 23.1 Å². The number of nitrogens with zero attached hydrogens (tertiary/aromatic N) is 1. The summed E-state index contributed by atoms with van der Waals surface area (Å²) in [7, 11) is 0. The summed E-state index contributed by atoms with van der Waals surface area (Å²) in [6.07, 6.45) is 0. The average Bonchev–Trinajstić information content (AvgIpc) is 2.35. The highest BCUT2D eigenvalue weighted by atomic mass is 32.2. The number of nitrogen functional groups attached to an aromatic ring is 1. The number of aryl methyl sites for hydroxylation is 1. The topological polar surface area (TPSA) is 46.3 Å². The fraction of sp³-hybridized carbons (Fsp3) is 0.588. The largest absolute Gasteiger partial charge is 0.399 e. The van der Waals surface area contributed by atoms with Gasteiger partial charge in [0.25, 0.3) is 0 Å². The second-order valence-corrected chi connectivity index (χ2v) is 7.42. The first-order chi connectivity index (χ1) is 9.79.